The molecule has 0 aliphatic carbocycles. The summed E-state index contributed by atoms with van der Waals surface area (Å²) in [7, 11) is 0. The highest BCUT2D eigenvalue weighted by Gasteiger charge is 2.21. The Morgan fingerprint density at radius 3 is 1.96 bits per heavy atom. The molecule has 3 heteroatoms. The molecule has 0 amide bonds. The molecule has 236 valence electrons. The Balaban J connectivity index is 1.14. The van der Waals surface area contributed by atoms with Gasteiger partial charge in [-0.25, -0.2) is 0 Å². The first-order valence-electron chi connectivity index (χ1n) is 17.1. The van der Waals surface area contributed by atoms with E-state index in [1.165, 1.54) is 55.0 Å². The number of nitrogens with zero attached hydrogens (tertiary/aromatic N) is 2. The molecular weight excluding hydrogens is 609 g/mol. The topological polar surface area (TPSA) is 21.3 Å². The number of benzene rings is 8. The molecule has 10 rings (SSSR count). The van der Waals surface area contributed by atoms with Gasteiger partial charge in [0.25, 0.3) is 0 Å². The smallest absolute Gasteiger partial charge is 0.137 e. The lowest BCUT2D eigenvalue weighted by Gasteiger charge is -2.27. The molecule has 0 radical (unpaired) electrons. The van der Waals surface area contributed by atoms with E-state index in [1.807, 2.05) is 12.1 Å². The molecule has 0 saturated heterocycles. The molecule has 2 aromatic heterocycles. The Morgan fingerprint density at radius 2 is 1.10 bits per heavy atom. The normalized spacial score (nSPS) is 11.7. The highest BCUT2D eigenvalue weighted by molar-refractivity contribution is 6.15. The minimum absolute atomic E-state index is 0.878. The highest BCUT2D eigenvalue weighted by atomic mass is 16.3. The molecule has 0 unspecified atom stereocenters. The molecule has 0 aliphatic rings. The third-order valence-electron chi connectivity index (χ3n) is 10.1. The second-order valence-corrected chi connectivity index (χ2v) is 13.0. The van der Waals surface area contributed by atoms with Gasteiger partial charge in [-0.2, -0.15) is 0 Å². The Bertz CT molecular complexity index is 2870. The second kappa shape index (κ2) is 11.3. The van der Waals surface area contributed by atoms with Crippen LogP contribution < -0.4 is 4.90 Å². The summed E-state index contributed by atoms with van der Waals surface area (Å²) in [5.74, 6) is 0. The molecule has 0 saturated carbocycles. The van der Waals surface area contributed by atoms with Crippen LogP contribution in [0.3, 0.4) is 0 Å². The molecule has 0 spiro atoms. The highest BCUT2D eigenvalue weighted by Crippen LogP contribution is 2.45. The van der Waals surface area contributed by atoms with Gasteiger partial charge in [-0.1, -0.05) is 115 Å². The van der Waals surface area contributed by atoms with E-state index in [1.54, 1.807) is 0 Å². The summed E-state index contributed by atoms with van der Waals surface area (Å²) in [6.45, 7) is 2.13. The summed E-state index contributed by atoms with van der Waals surface area (Å²) in [6.07, 6.45) is 0. The third-order valence-corrected chi connectivity index (χ3v) is 10.1. The molecule has 2 heterocycles. The Kier molecular flexibility index (Phi) is 6.40. The molecule has 0 N–H and O–H groups in total. The van der Waals surface area contributed by atoms with Crippen molar-refractivity contribution in [3.8, 4) is 16.8 Å². The van der Waals surface area contributed by atoms with Crippen LogP contribution in [0.25, 0.3) is 71.3 Å². The third kappa shape index (κ3) is 4.44. The van der Waals surface area contributed by atoms with E-state index in [4.69, 9.17) is 4.42 Å². The largest absolute Gasteiger partial charge is 0.456 e. The molecule has 0 fully saturated rings. The summed E-state index contributed by atoms with van der Waals surface area (Å²) in [4.78, 5) is 2.38. The van der Waals surface area contributed by atoms with Crippen molar-refractivity contribution in [3.63, 3.8) is 0 Å². The molecule has 10 aromatic rings. The van der Waals surface area contributed by atoms with Crippen LogP contribution in [0.4, 0.5) is 17.1 Å². The number of aryl methyl sites for hydroxylation is 1. The lowest BCUT2D eigenvalue weighted by molar-refractivity contribution is 0.669. The van der Waals surface area contributed by atoms with Gasteiger partial charge in [0.2, 0.25) is 0 Å². The summed E-state index contributed by atoms with van der Waals surface area (Å²) in [6, 6.07) is 63.2. The zero-order chi connectivity index (χ0) is 33.2. The monoisotopic (exact) mass is 640 g/mol. The number of furan rings is 1. The van der Waals surface area contributed by atoms with Crippen LogP contribution in [0.5, 0.6) is 0 Å². The molecule has 3 nitrogen and oxygen atoms in total. The first-order chi connectivity index (χ1) is 24.7. The van der Waals surface area contributed by atoms with E-state index >= 15 is 0 Å². The van der Waals surface area contributed by atoms with Gasteiger partial charge >= 0.3 is 0 Å². The summed E-state index contributed by atoms with van der Waals surface area (Å²) < 4.78 is 8.73. The number of rotatable bonds is 5. The summed E-state index contributed by atoms with van der Waals surface area (Å²) in [5, 5.41) is 7.12. The maximum atomic E-state index is 6.35. The maximum Gasteiger partial charge on any atom is 0.137 e. The van der Waals surface area contributed by atoms with E-state index in [9.17, 15) is 0 Å². The number of hydrogen-bond donors (Lipinski definition) is 0. The minimum Gasteiger partial charge on any atom is -0.456 e. The van der Waals surface area contributed by atoms with Gasteiger partial charge in [0.15, 0.2) is 0 Å². The SMILES string of the molecule is Cc1ccc(-n2c3ccccc3c3cc(-c4ccc(N(c5cccc6ccccc56)c5cccc6oc7ccccc7c56)cc4)ccc32)cc1. The molecule has 0 atom stereocenters. The number of anilines is 3. The van der Waals surface area contributed by atoms with Gasteiger partial charge in [0.1, 0.15) is 11.2 Å². The molecule has 8 aromatic carbocycles. The van der Waals surface area contributed by atoms with Crippen molar-refractivity contribution in [2.75, 3.05) is 4.90 Å². The fourth-order valence-corrected chi connectivity index (χ4v) is 7.68. The molecular formula is C47H32N2O. The number of fused-ring (bicyclic) bond motifs is 7. The lowest BCUT2D eigenvalue weighted by Crippen LogP contribution is -2.10. The van der Waals surface area contributed by atoms with Crippen LogP contribution in [0.2, 0.25) is 0 Å². The predicted octanol–water partition coefficient (Wildman–Crippen LogP) is 13.3. The van der Waals surface area contributed by atoms with Gasteiger partial charge in [0, 0.05) is 32.9 Å². The van der Waals surface area contributed by atoms with E-state index in [0.717, 1.165) is 39.0 Å². The first-order valence-corrected chi connectivity index (χ1v) is 17.1. The average molecular weight is 641 g/mol. The van der Waals surface area contributed by atoms with Crippen molar-refractivity contribution in [3.05, 3.63) is 181 Å². The van der Waals surface area contributed by atoms with E-state index < -0.39 is 0 Å². The Labute approximate surface area is 289 Å². The molecule has 50 heavy (non-hydrogen) atoms. The number of aromatic nitrogens is 1. The summed E-state index contributed by atoms with van der Waals surface area (Å²) >= 11 is 0. The second-order valence-electron chi connectivity index (χ2n) is 13.0. The maximum absolute atomic E-state index is 6.35. The fraction of sp³-hybridized carbons (Fsp3) is 0.0213. The van der Waals surface area contributed by atoms with Gasteiger partial charge in [-0.15, -0.1) is 0 Å². The predicted molar refractivity (Wildman–Crippen MR) is 210 cm³/mol. The van der Waals surface area contributed by atoms with Crippen molar-refractivity contribution in [2.45, 2.75) is 6.92 Å². The zero-order valence-electron chi connectivity index (χ0n) is 27.5. The van der Waals surface area contributed by atoms with Crippen molar-refractivity contribution in [1.82, 2.24) is 4.57 Å². The van der Waals surface area contributed by atoms with Crippen molar-refractivity contribution in [2.24, 2.45) is 0 Å². The van der Waals surface area contributed by atoms with Crippen LogP contribution >= 0.6 is 0 Å². The van der Waals surface area contributed by atoms with Crippen LogP contribution in [-0.2, 0) is 0 Å². The number of hydrogen-bond acceptors (Lipinski definition) is 2. The Hall–Kier alpha value is -6.58. The van der Waals surface area contributed by atoms with Gasteiger partial charge < -0.3 is 13.9 Å². The zero-order valence-corrected chi connectivity index (χ0v) is 27.5. The fourth-order valence-electron chi connectivity index (χ4n) is 7.68. The Morgan fingerprint density at radius 1 is 0.460 bits per heavy atom. The quantitative estimate of drug-likeness (QED) is 0.187. The van der Waals surface area contributed by atoms with E-state index in [2.05, 4.69) is 180 Å². The van der Waals surface area contributed by atoms with Crippen LogP contribution in [0, 0.1) is 6.92 Å². The number of para-hydroxylation sites is 2. The van der Waals surface area contributed by atoms with Crippen LogP contribution in [0.1, 0.15) is 5.56 Å². The molecule has 0 aliphatic heterocycles. The van der Waals surface area contributed by atoms with E-state index in [0.29, 0.717) is 0 Å². The standard InChI is InChI=1S/C47H32N2O/c1-31-20-25-35(26-21-31)48-42-15-6-4-13-38(42)40-30-34(24-29-43(40)48)32-22-27-36(28-23-32)49(41-16-8-11-33-10-2-3-12-37(33)41)44-17-9-19-46-47(44)39-14-5-7-18-45(39)50-46/h2-30H,1H3. The van der Waals surface area contributed by atoms with Gasteiger partial charge in [-0.3, -0.25) is 0 Å². The molecule has 0 bridgehead atoms. The van der Waals surface area contributed by atoms with Crippen LogP contribution in [0.15, 0.2) is 180 Å². The average Bonchev–Trinajstić information content (AvgIpc) is 3.72. The first kappa shape index (κ1) is 28.4. The van der Waals surface area contributed by atoms with Crippen molar-refractivity contribution >= 4 is 71.6 Å². The van der Waals surface area contributed by atoms with Crippen molar-refractivity contribution < 1.29 is 4.42 Å². The van der Waals surface area contributed by atoms with Crippen molar-refractivity contribution in [1.29, 1.82) is 0 Å². The van der Waals surface area contributed by atoms with Crippen LogP contribution in [-0.4, -0.2) is 4.57 Å². The van der Waals surface area contributed by atoms with Gasteiger partial charge in [-0.05, 0) is 90.2 Å². The minimum atomic E-state index is 0.878. The summed E-state index contributed by atoms with van der Waals surface area (Å²) in [5.41, 5.74) is 12.3. The van der Waals surface area contributed by atoms with Gasteiger partial charge in [0.05, 0.1) is 27.8 Å². The lowest BCUT2D eigenvalue weighted by atomic mass is 10.0. The van der Waals surface area contributed by atoms with E-state index in [-0.39, 0.29) is 0 Å².